The molecule has 0 spiro atoms. The van der Waals surface area contributed by atoms with E-state index in [1.54, 1.807) is 12.4 Å². The average molecular weight is 497 g/mol. The summed E-state index contributed by atoms with van der Waals surface area (Å²) >= 11 is 0. The lowest BCUT2D eigenvalue weighted by Crippen LogP contribution is -2.24. The minimum atomic E-state index is -0.958. The van der Waals surface area contributed by atoms with Gasteiger partial charge in [0.25, 0.3) is 0 Å². The third kappa shape index (κ3) is 7.14. The molecular weight excluding hydrogens is 454 g/mol. The first-order chi connectivity index (χ1) is 17.5. The van der Waals surface area contributed by atoms with Gasteiger partial charge in [0.15, 0.2) is 11.6 Å². The molecule has 0 bridgehead atoms. The van der Waals surface area contributed by atoms with E-state index in [1.807, 2.05) is 6.92 Å². The first-order valence-electron chi connectivity index (χ1n) is 14.1. The van der Waals surface area contributed by atoms with E-state index in [4.69, 9.17) is 4.74 Å². The Labute approximate surface area is 215 Å². The monoisotopic (exact) mass is 496 g/mol. The van der Waals surface area contributed by atoms with E-state index in [1.165, 1.54) is 63.5 Å². The molecule has 0 N–H and O–H groups in total. The Morgan fingerprint density at radius 3 is 2.25 bits per heavy atom. The fraction of sp³-hybridized carbons (Fsp3) is 0.613. The predicted octanol–water partition coefficient (Wildman–Crippen LogP) is 8.72. The number of benzene rings is 1. The number of unbranched alkanes of at least 4 members (excludes halogenated alkanes) is 1. The van der Waals surface area contributed by atoms with Gasteiger partial charge in [-0.05, 0) is 87.2 Å². The lowest BCUT2D eigenvalue weighted by molar-refractivity contribution is 0.160. The van der Waals surface area contributed by atoms with Crippen LogP contribution in [0.1, 0.15) is 90.3 Å². The van der Waals surface area contributed by atoms with Crippen molar-refractivity contribution in [3.8, 4) is 16.9 Å². The summed E-state index contributed by atoms with van der Waals surface area (Å²) in [6, 6.07) is 3.01. The van der Waals surface area contributed by atoms with Gasteiger partial charge in [0.05, 0.1) is 6.61 Å². The van der Waals surface area contributed by atoms with Gasteiger partial charge in [0.2, 0.25) is 5.82 Å². The number of hydrogen-bond acceptors (Lipinski definition) is 3. The van der Waals surface area contributed by atoms with Gasteiger partial charge in [0, 0.05) is 29.9 Å². The van der Waals surface area contributed by atoms with Crippen LogP contribution in [0.25, 0.3) is 11.1 Å². The number of halogens is 2. The van der Waals surface area contributed by atoms with Gasteiger partial charge in [-0.1, -0.05) is 45.3 Å². The molecule has 4 rings (SSSR count). The highest BCUT2D eigenvalue weighted by molar-refractivity contribution is 5.63. The molecule has 3 nitrogen and oxygen atoms in total. The van der Waals surface area contributed by atoms with Crippen LogP contribution in [-0.2, 0) is 6.42 Å². The van der Waals surface area contributed by atoms with Crippen molar-refractivity contribution in [2.24, 2.45) is 23.7 Å². The SMILES string of the molecule is CCCCOc1ccc(-c2cnc(CC/C=C/C3CCC(C4CCC(C)CC4)CC3)nc2)c(F)c1F. The van der Waals surface area contributed by atoms with E-state index < -0.39 is 11.6 Å². The Morgan fingerprint density at radius 1 is 0.917 bits per heavy atom. The summed E-state index contributed by atoms with van der Waals surface area (Å²) in [7, 11) is 0. The van der Waals surface area contributed by atoms with Gasteiger partial charge >= 0.3 is 0 Å². The third-order valence-electron chi connectivity index (χ3n) is 8.31. The standard InChI is InChI=1S/C31H42F2N2O/c1-3-4-19-36-28-18-17-27(30(32)31(28)33)26-20-34-29(35-21-26)8-6-5-7-23-11-15-25(16-12-23)24-13-9-22(2)10-14-24/h5,7,17-18,20-25H,3-4,6,8-16,19H2,1-2H3/b7-5+. The maximum Gasteiger partial charge on any atom is 0.201 e. The van der Waals surface area contributed by atoms with Crippen molar-refractivity contribution in [1.29, 1.82) is 0 Å². The number of nitrogens with zero attached hydrogens (tertiary/aromatic N) is 2. The van der Waals surface area contributed by atoms with Crippen molar-refractivity contribution in [3.05, 3.63) is 54.1 Å². The van der Waals surface area contributed by atoms with Crippen molar-refractivity contribution in [3.63, 3.8) is 0 Å². The minimum Gasteiger partial charge on any atom is -0.490 e. The molecular formula is C31H42F2N2O. The van der Waals surface area contributed by atoms with Crippen LogP contribution in [0.5, 0.6) is 5.75 Å². The molecule has 5 heteroatoms. The number of aryl methyl sites for hydroxylation is 1. The molecule has 2 aliphatic carbocycles. The van der Waals surface area contributed by atoms with Crippen LogP contribution in [0.3, 0.4) is 0 Å². The largest absolute Gasteiger partial charge is 0.490 e. The van der Waals surface area contributed by atoms with Crippen LogP contribution in [0.4, 0.5) is 8.78 Å². The van der Waals surface area contributed by atoms with Crippen LogP contribution < -0.4 is 4.74 Å². The zero-order valence-electron chi connectivity index (χ0n) is 22.0. The van der Waals surface area contributed by atoms with E-state index >= 15 is 0 Å². The van der Waals surface area contributed by atoms with Gasteiger partial charge in [-0.15, -0.1) is 0 Å². The lowest BCUT2D eigenvalue weighted by atomic mass is 9.69. The summed E-state index contributed by atoms with van der Waals surface area (Å²) in [4.78, 5) is 8.79. The molecule has 0 unspecified atom stereocenters. The molecule has 2 fully saturated rings. The van der Waals surface area contributed by atoms with E-state index in [0.29, 0.717) is 18.1 Å². The number of aromatic nitrogens is 2. The van der Waals surface area contributed by atoms with Crippen molar-refractivity contribution < 1.29 is 13.5 Å². The number of rotatable bonds is 10. The van der Waals surface area contributed by atoms with Gasteiger partial charge < -0.3 is 4.74 Å². The van der Waals surface area contributed by atoms with E-state index in [9.17, 15) is 8.78 Å². The molecule has 1 heterocycles. The second-order valence-corrected chi connectivity index (χ2v) is 11.0. The molecule has 2 aliphatic rings. The van der Waals surface area contributed by atoms with Gasteiger partial charge in [-0.25, -0.2) is 14.4 Å². The topological polar surface area (TPSA) is 35.0 Å². The Balaban J connectivity index is 1.22. The van der Waals surface area contributed by atoms with E-state index in [2.05, 4.69) is 29.0 Å². The zero-order chi connectivity index (χ0) is 25.3. The van der Waals surface area contributed by atoms with Crippen LogP contribution >= 0.6 is 0 Å². The van der Waals surface area contributed by atoms with Gasteiger partial charge in [-0.3, -0.25) is 0 Å². The molecule has 2 aromatic rings. The zero-order valence-corrected chi connectivity index (χ0v) is 22.0. The van der Waals surface area contributed by atoms with Crippen LogP contribution in [0.2, 0.25) is 0 Å². The van der Waals surface area contributed by atoms with E-state index in [0.717, 1.165) is 49.3 Å². The molecule has 1 aromatic heterocycles. The predicted molar refractivity (Wildman–Crippen MR) is 142 cm³/mol. The van der Waals surface area contributed by atoms with Crippen molar-refractivity contribution in [2.75, 3.05) is 6.61 Å². The quantitative estimate of drug-likeness (QED) is 0.244. The van der Waals surface area contributed by atoms with Crippen molar-refractivity contribution >= 4 is 0 Å². The number of ether oxygens (including phenoxy) is 1. The highest BCUT2D eigenvalue weighted by atomic mass is 19.2. The van der Waals surface area contributed by atoms with Crippen LogP contribution in [-0.4, -0.2) is 16.6 Å². The molecule has 0 amide bonds. The minimum absolute atomic E-state index is 0.0499. The summed E-state index contributed by atoms with van der Waals surface area (Å²) in [6.45, 7) is 4.80. The van der Waals surface area contributed by atoms with Crippen molar-refractivity contribution in [2.45, 2.75) is 90.9 Å². The molecule has 36 heavy (non-hydrogen) atoms. The molecule has 0 radical (unpaired) electrons. The second-order valence-electron chi connectivity index (χ2n) is 11.0. The number of allylic oxidation sites excluding steroid dienone is 2. The lowest BCUT2D eigenvalue weighted by Gasteiger charge is -2.36. The smallest absolute Gasteiger partial charge is 0.201 e. The highest BCUT2D eigenvalue weighted by Gasteiger charge is 2.29. The van der Waals surface area contributed by atoms with Crippen LogP contribution in [0.15, 0.2) is 36.7 Å². The Morgan fingerprint density at radius 2 is 1.58 bits per heavy atom. The molecule has 0 aliphatic heterocycles. The summed E-state index contributed by atoms with van der Waals surface area (Å²) in [5, 5.41) is 0. The molecule has 2 saturated carbocycles. The van der Waals surface area contributed by atoms with Gasteiger partial charge in [-0.2, -0.15) is 4.39 Å². The average Bonchev–Trinajstić information content (AvgIpc) is 2.91. The summed E-state index contributed by atoms with van der Waals surface area (Å²) in [5.41, 5.74) is 0.620. The maximum absolute atomic E-state index is 14.6. The Hall–Kier alpha value is -2.30. The van der Waals surface area contributed by atoms with Crippen LogP contribution in [0, 0.1) is 35.3 Å². The number of hydrogen-bond donors (Lipinski definition) is 0. The molecule has 196 valence electrons. The molecule has 1 aromatic carbocycles. The second kappa shape index (κ2) is 13.3. The van der Waals surface area contributed by atoms with E-state index in [-0.39, 0.29) is 11.3 Å². The molecule has 0 saturated heterocycles. The molecule has 0 atom stereocenters. The fourth-order valence-electron chi connectivity index (χ4n) is 5.88. The fourth-order valence-corrected chi connectivity index (χ4v) is 5.88. The highest BCUT2D eigenvalue weighted by Crippen LogP contribution is 2.41. The van der Waals surface area contributed by atoms with Gasteiger partial charge in [0.1, 0.15) is 5.82 Å². The first kappa shape index (κ1) is 26.8. The summed E-state index contributed by atoms with van der Waals surface area (Å²) < 4.78 is 34.4. The maximum atomic E-state index is 14.6. The normalized spacial score (nSPS) is 24.8. The third-order valence-corrected chi connectivity index (χ3v) is 8.31. The Bertz CT molecular complexity index is 975. The van der Waals surface area contributed by atoms with Crippen molar-refractivity contribution in [1.82, 2.24) is 9.97 Å². The summed E-state index contributed by atoms with van der Waals surface area (Å²) in [6.07, 6.45) is 22.4. The first-order valence-corrected chi connectivity index (χ1v) is 14.1. The Kier molecular flexibility index (Phi) is 9.89. The summed E-state index contributed by atoms with van der Waals surface area (Å²) in [5.74, 6) is 2.37.